The predicted molar refractivity (Wildman–Crippen MR) is 107 cm³/mol. The number of sulfonamides is 1. The molecular weight excluding hydrogens is 378 g/mol. The van der Waals surface area contributed by atoms with Crippen LogP contribution in [0.2, 0.25) is 0 Å². The summed E-state index contributed by atoms with van der Waals surface area (Å²) in [6, 6.07) is 9.44. The highest BCUT2D eigenvalue weighted by atomic mass is 32.2. The van der Waals surface area contributed by atoms with Gasteiger partial charge in [-0.1, -0.05) is 12.1 Å². The summed E-state index contributed by atoms with van der Waals surface area (Å²) in [7, 11) is -3.62. The van der Waals surface area contributed by atoms with Crippen molar-refractivity contribution in [1.82, 2.24) is 4.31 Å². The van der Waals surface area contributed by atoms with Gasteiger partial charge in [0.15, 0.2) is 0 Å². The van der Waals surface area contributed by atoms with E-state index in [1.807, 2.05) is 0 Å². The third-order valence-corrected chi connectivity index (χ3v) is 6.90. The Bertz CT molecular complexity index is 1040. The van der Waals surface area contributed by atoms with Gasteiger partial charge in [0, 0.05) is 29.9 Å². The largest absolute Gasteiger partial charge is 0.366 e. The molecule has 1 fully saturated rings. The Morgan fingerprint density at radius 2 is 1.71 bits per heavy atom. The number of nitrogens with two attached hydrogens (primary N) is 1. The van der Waals surface area contributed by atoms with Crippen molar-refractivity contribution in [1.29, 1.82) is 0 Å². The molecule has 0 spiro atoms. The Kier molecular flexibility index (Phi) is 5.53. The lowest BCUT2D eigenvalue weighted by Gasteiger charge is -2.17. The van der Waals surface area contributed by atoms with Gasteiger partial charge in [-0.2, -0.15) is 4.31 Å². The molecule has 0 atom stereocenters. The molecule has 1 aliphatic heterocycles. The second kappa shape index (κ2) is 7.73. The zero-order valence-corrected chi connectivity index (χ0v) is 16.7. The normalized spacial score (nSPS) is 14.8. The van der Waals surface area contributed by atoms with Crippen molar-refractivity contribution in [2.24, 2.45) is 5.73 Å². The number of benzene rings is 2. The first-order chi connectivity index (χ1) is 13.2. The molecule has 0 radical (unpaired) electrons. The van der Waals surface area contributed by atoms with Crippen molar-refractivity contribution in [2.45, 2.75) is 31.6 Å². The highest BCUT2D eigenvalue weighted by molar-refractivity contribution is 7.89. The maximum absolute atomic E-state index is 12.8. The SMILES string of the molecule is Cc1ccc(S(=O)(=O)N2CCCC2)cc1C(=O)Nc1cccc(C(N)=O)c1C. The molecule has 2 amide bonds. The fourth-order valence-electron chi connectivity index (χ4n) is 3.31. The zero-order chi connectivity index (χ0) is 20.5. The first-order valence-corrected chi connectivity index (χ1v) is 10.5. The molecule has 7 nitrogen and oxygen atoms in total. The standard InChI is InChI=1S/C20H23N3O4S/c1-13-8-9-15(28(26,27)23-10-3-4-11-23)12-17(13)20(25)22-18-7-5-6-16(14(18)2)19(21)24/h5-9,12H,3-4,10-11H2,1-2H3,(H2,21,24)(H,22,25). The van der Waals surface area contributed by atoms with Gasteiger partial charge in [-0.05, 0) is 62.1 Å². The number of carbonyl (C=O) groups is 2. The van der Waals surface area contributed by atoms with Gasteiger partial charge in [-0.25, -0.2) is 8.42 Å². The number of hydrogen-bond donors (Lipinski definition) is 2. The van der Waals surface area contributed by atoms with E-state index in [1.54, 1.807) is 38.1 Å². The molecule has 8 heteroatoms. The van der Waals surface area contributed by atoms with E-state index in [-0.39, 0.29) is 10.5 Å². The van der Waals surface area contributed by atoms with Crippen molar-refractivity contribution in [3.63, 3.8) is 0 Å². The van der Waals surface area contributed by atoms with E-state index >= 15 is 0 Å². The lowest BCUT2D eigenvalue weighted by molar-refractivity contribution is 0.0995. The lowest BCUT2D eigenvalue weighted by atomic mass is 10.0. The molecule has 0 bridgehead atoms. The van der Waals surface area contributed by atoms with E-state index in [9.17, 15) is 18.0 Å². The summed E-state index contributed by atoms with van der Waals surface area (Å²) < 4.78 is 27.0. The molecule has 0 unspecified atom stereocenters. The van der Waals surface area contributed by atoms with E-state index < -0.39 is 21.8 Å². The number of nitrogens with one attached hydrogen (secondary N) is 1. The summed E-state index contributed by atoms with van der Waals surface area (Å²) in [5.74, 6) is -1.02. The Morgan fingerprint density at radius 1 is 1.04 bits per heavy atom. The minimum atomic E-state index is -3.62. The highest BCUT2D eigenvalue weighted by Crippen LogP contribution is 2.25. The number of hydrogen-bond acceptors (Lipinski definition) is 4. The van der Waals surface area contributed by atoms with Crippen molar-refractivity contribution in [3.05, 3.63) is 58.7 Å². The monoisotopic (exact) mass is 401 g/mol. The summed E-state index contributed by atoms with van der Waals surface area (Å²) in [5.41, 5.74) is 7.60. The average molecular weight is 401 g/mol. The minimum Gasteiger partial charge on any atom is -0.366 e. The molecule has 148 valence electrons. The Balaban J connectivity index is 1.93. The van der Waals surface area contributed by atoms with Crippen LogP contribution in [-0.4, -0.2) is 37.6 Å². The minimum absolute atomic E-state index is 0.104. The van der Waals surface area contributed by atoms with Gasteiger partial charge in [-0.3, -0.25) is 9.59 Å². The second-order valence-corrected chi connectivity index (χ2v) is 8.82. The maximum Gasteiger partial charge on any atom is 0.255 e. The molecule has 1 aliphatic rings. The molecule has 2 aromatic rings. The summed E-state index contributed by atoms with van der Waals surface area (Å²) in [6.07, 6.45) is 1.68. The van der Waals surface area contributed by atoms with Crippen LogP contribution in [0.4, 0.5) is 5.69 Å². The molecule has 0 aromatic heterocycles. The Morgan fingerprint density at radius 3 is 2.36 bits per heavy atom. The molecule has 1 heterocycles. The topological polar surface area (TPSA) is 110 Å². The summed E-state index contributed by atoms with van der Waals surface area (Å²) in [5, 5.41) is 2.76. The van der Waals surface area contributed by atoms with Crippen molar-refractivity contribution in [3.8, 4) is 0 Å². The van der Waals surface area contributed by atoms with Crippen LogP contribution in [0, 0.1) is 13.8 Å². The van der Waals surface area contributed by atoms with Crippen LogP contribution < -0.4 is 11.1 Å². The third-order valence-electron chi connectivity index (χ3n) is 5.00. The maximum atomic E-state index is 12.8. The average Bonchev–Trinajstić information content (AvgIpc) is 3.19. The van der Waals surface area contributed by atoms with E-state index in [4.69, 9.17) is 5.73 Å². The Labute approximate surface area is 164 Å². The van der Waals surface area contributed by atoms with Crippen molar-refractivity contribution >= 4 is 27.5 Å². The van der Waals surface area contributed by atoms with Crippen molar-refractivity contribution in [2.75, 3.05) is 18.4 Å². The van der Waals surface area contributed by atoms with Crippen LogP contribution in [-0.2, 0) is 10.0 Å². The van der Waals surface area contributed by atoms with E-state index in [0.717, 1.165) is 12.8 Å². The number of primary amides is 1. The first kappa shape index (κ1) is 20.0. The van der Waals surface area contributed by atoms with Gasteiger partial charge in [0.25, 0.3) is 5.91 Å². The first-order valence-electron chi connectivity index (χ1n) is 9.03. The third kappa shape index (κ3) is 3.79. The summed E-state index contributed by atoms with van der Waals surface area (Å²) in [6.45, 7) is 4.43. The summed E-state index contributed by atoms with van der Waals surface area (Å²) >= 11 is 0. The van der Waals surface area contributed by atoms with Gasteiger partial charge in [0.05, 0.1) is 4.90 Å². The predicted octanol–water partition coefficient (Wildman–Crippen LogP) is 2.44. The number of anilines is 1. The number of aryl methyl sites for hydroxylation is 1. The van der Waals surface area contributed by atoms with E-state index in [0.29, 0.717) is 35.5 Å². The molecule has 1 saturated heterocycles. The number of amides is 2. The fraction of sp³-hybridized carbons (Fsp3) is 0.300. The molecule has 0 aliphatic carbocycles. The van der Waals surface area contributed by atoms with Crippen molar-refractivity contribution < 1.29 is 18.0 Å². The van der Waals surface area contributed by atoms with Crippen LogP contribution in [0.15, 0.2) is 41.3 Å². The van der Waals surface area contributed by atoms with Gasteiger partial charge in [0.2, 0.25) is 15.9 Å². The molecule has 28 heavy (non-hydrogen) atoms. The van der Waals surface area contributed by atoms with Crippen LogP contribution in [0.5, 0.6) is 0 Å². The van der Waals surface area contributed by atoms with E-state index in [1.165, 1.54) is 16.4 Å². The molecular formula is C20H23N3O4S. The molecule has 3 N–H and O–H groups in total. The summed E-state index contributed by atoms with van der Waals surface area (Å²) in [4.78, 5) is 24.4. The fourth-order valence-corrected chi connectivity index (χ4v) is 4.86. The van der Waals surface area contributed by atoms with Gasteiger partial charge >= 0.3 is 0 Å². The molecule has 2 aromatic carbocycles. The van der Waals surface area contributed by atoms with Crippen LogP contribution >= 0.6 is 0 Å². The number of carbonyl (C=O) groups excluding carboxylic acids is 2. The second-order valence-electron chi connectivity index (χ2n) is 6.88. The number of nitrogens with zero attached hydrogens (tertiary/aromatic N) is 1. The van der Waals surface area contributed by atoms with Crippen LogP contribution in [0.3, 0.4) is 0 Å². The smallest absolute Gasteiger partial charge is 0.255 e. The van der Waals surface area contributed by atoms with Gasteiger partial charge in [0.1, 0.15) is 0 Å². The highest BCUT2D eigenvalue weighted by Gasteiger charge is 2.28. The lowest BCUT2D eigenvalue weighted by Crippen LogP contribution is -2.28. The van der Waals surface area contributed by atoms with Crippen LogP contribution in [0.25, 0.3) is 0 Å². The number of rotatable bonds is 5. The molecule has 3 rings (SSSR count). The van der Waals surface area contributed by atoms with Gasteiger partial charge < -0.3 is 11.1 Å². The van der Waals surface area contributed by atoms with E-state index in [2.05, 4.69) is 5.32 Å². The zero-order valence-electron chi connectivity index (χ0n) is 15.9. The quantitative estimate of drug-likeness (QED) is 0.802. The van der Waals surface area contributed by atoms with Crippen LogP contribution in [0.1, 0.15) is 44.7 Å². The Hall–Kier alpha value is -2.71. The van der Waals surface area contributed by atoms with Gasteiger partial charge in [-0.15, -0.1) is 0 Å². The molecule has 0 saturated carbocycles.